The first-order valence-corrected chi connectivity index (χ1v) is 28.1. The number of para-hydroxylation sites is 4. The summed E-state index contributed by atoms with van der Waals surface area (Å²) in [5.74, 6) is 2.81. The van der Waals surface area contributed by atoms with E-state index < -0.39 is 0 Å². The molecule has 9 aromatic carbocycles. The molecule has 5 nitrogen and oxygen atoms in total. The van der Waals surface area contributed by atoms with Gasteiger partial charge in [-0.2, -0.15) is 0 Å². The van der Waals surface area contributed by atoms with Crippen LogP contribution in [0.15, 0.2) is 212 Å². The number of ether oxygens (including phenoxy) is 1. The second-order valence-electron chi connectivity index (χ2n) is 25.2. The second kappa shape index (κ2) is 17.9. The monoisotopic (exact) mass is 1030 g/mol. The van der Waals surface area contributed by atoms with Crippen molar-refractivity contribution in [3.8, 4) is 39.6 Å². The van der Waals surface area contributed by atoms with Gasteiger partial charge in [-0.1, -0.05) is 196 Å². The predicted octanol–water partition coefficient (Wildman–Crippen LogP) is 19.4. The van der Waals surface area contributed by atoms with Crippen LogP contribution in [0, 0.1) is 0 Å². The largest absolute Gasteiger partial charge is 0.457 e. The molecule has 15 rings (SSSR count). The fourth-order valence-corrected chi connectivity index (χ4v) is 13.0. The van der Waals surface area contributed by atoms with Crippen molar-refractivity contribution in [1.29, 1.82) is 0 Å². The molecule has 0 saturated carbocycles. The van der Waals surface area contributed by atoms with Crippen molar-refractivity contribution in [2.45, 2.75) is 90.4 Å². The van der Waals surface area contributed by atoms with E-state index >= 15 is 0 Å². The molecule has 0 unspecified atom stereocenters. The Kier molecular flexibility index (Phi) is 11.1. The lowest BCUT2D eigenvalue weighted by molar-refractivity contribution is 0.483. The topological polar surface area (TPSA) is 33.5 Å². The van der Waals surface area contributed by atoms with Crippen LogP contribution in [0.3, 0.4) is 0 Å². The summed E-state index contributed by atoms with van der Waals surface area (Å²) in [5, 5.41) is 2.34. The molecule has 0 atom stereocenters. The summed E-state index contributed by atoms with van der Waals surface area (Å²) in [4.78, 5) is 9.95. The van der Waals surface area contributed by atoms with E-state index in [0.29, 0.717) is 6.67 Å². The fourth-order valence-electron chi connectivity index (χ4n) is 13.0. The third-order valence-electron chi connectivity index (χ3n) is 17.1. The van der Waals surface area contributed by atoms with Crippen LogP contribution in [0.4, 0.5) is 22.7 Å². The van der Waals surface area contributed by atoms with Gasteiger partial charge >= 0.3 is 0 Å². The summed E-state index contributed by atoms with van der Waals surface area (Å²) < 4.78 is 9.20. The average Bonchev–Trinajstić information content (AvgIpc) is 3.33. The Morgan fingerprint density at radius 3 is 1.63 bits per heavy atom. The Bertz CT molecular complexity index is 4170. The summed E-state index contributed by atoms with van der Waals surface area (Å²) in [6.45, 7) is 21.4. The van der Waals surface area contributed by atoms with Crippen LogP contribution in [0.1, 0.15) is 124 Å². The second-order valence-corrected chi connectivity index (χ2v) is 25.2. The van der Waals surface area contributed by atoms with Crippen molar-refractivity contribution in [1.82, 2.24) is 9.55 Å². The van der Waals surface area contributed by atoms with Gasteiger partial charge < -0.3 is 14.5 Å². The van der Waals surface area contributed by atoms with E-state index in [4.69, 9.17) is 9.72 Å². The zero-order valence-corrected chi connectivity index (χ0v) is 46.8. The van der Waals surface area contributed by atoms with E-state index in [0.717, 1.165) is 50.8 Å². The number of nitrogens with zero attached hydrogens (tertiary/aromatic N) is 4. The first kappa shape index (κ1) is 48.7. The molecule has 388 valence electrons. The molecule has 5 heteroatoms. The minimum absolute atomic E-state index is 0.0220. The van der Waals surface area contributed by atoms with Crippen molar-refractivity contribution in [3.63, 3.8) is 0 Å². The third kappa shape index (κ3) is 8.07. The van der Waals surface area contributed by atoms with Crippen molar-refractivity contribution in [3.05, 3.63) is 263 Å². The fraction of sp³-hybridized carbons (Fsp3) is 0.203. The molecule has 3 heterocycles. The van der Waals surface area contributed by atoms with E-state index in [1.54, 1.807) is 0 Å². The SMILES string of the molecule is CC(C)(C)c1cc(-c2cccc(-c3ccc4c(c3)C3c5ccccc5C4c4ccccc43)c2N2CN(c3cccc(Oc4ccc5c6ccccc6n(-c6cc(C(C)(C)C)ccn6)c5c4)c3)c3ccccc32)cc(C(C)(C)C)c1. The Labute approximate surface area is 465 Å². The lowest BCUT2D eigenvalue weighted by Gasteiger charge is -2.42. The van der Waals surface area contributed by atoms with E-state index in [2.05, 4.69) is 283 Å². The van der Waals surface area contributed by atoms with Crippen LogP contribution in [0.2, 0.25) is 0 Å². The van der Waals surface area contributed by atoms with Gasteiger partial charge in [0, 0.05) is 57.8 Å². The standard InChI is InChI=1S/C74H66N4O/c1-72(2,3)48-36-37-75-68(42-48)78-64-29-15-14-22-56(64)57-35-33-53(44-67(57)78)79-52-21-18-20-51(43-52)76-45-77(66-31-17-16-30-65(66)76)71-54(27-19-28-55(71)47-38-49(73(4,5)6)41-50(39-47)74(7,8)9)46-32-34-62-63(40-46)70-60-25-12-10-23-58(60)69(62)59-24-11-13-26-61(59)70/h10-44,69-70H,45H2,1-9H3. The molecule has 2 bridgehead atoms. The highest BCUT2D eigenvalue weighted by Gasteiger charge is 2.41. The van der Waals surface area contributed by atoms with Gasteiger partial charge in [0.05, 0.1) is 28.1 Å². The normalized spacial score (nSPS) is 15.6. The van der Waals surface area contributed by atoms with Crippen LogP contribution >= 0.6 is 0 Å². The molecule has 2 aromatic heterocycles. The zero-order chi connectivity index (χ0) is 54.1. The van der Waals surface area contributed by atoms with E-state index in [-0.39, 0.29) is 28.1 Å². The van der Waals surface area contributed by atoms with Crippen molar-refractivity contribution < 1.29 is 4.74 Å². The molecule has 0 amide bonds. The van der Waals surface area contributed by atoms with Gasteiger partial charge in [-0.05, 0) is 138 Å². The van der Waals surface area contributed by atoms with Gasteiger partial charge in [0.25, 0.3) is 0 Å². The van der Waals surface area contributed by atoms with Gasteiger partial charge in [-0.3, -0.25) is 4.57 Å². The Balaban J connectivity index is 0.888. The minimum atomic E-state index is -0.0538. The lowest BCUT2D eigenvalue weighted by Crippen LogP contribution is -2.27. The van der Waals surface area contributed by atoms with E-state index in [1.165, 1.54) is 83.4 Å². The first-order chi connectivity index (χ1) is 38.1. The molecule has 4 aliphatic rings. The highest BCUT2D eigenvalue weighted by Crippen LogP contribution is 2.57. The number of aromatic nitrogens is 2. The highest BCUT2D eigenvalue weighted by molar-refractivity contribution is 6.09. The Hall–Kier alpha value is -8.67. The molecule has 3 aliphatic carbocycles. The summed E-state index contributed by atoms with van der Waals surface area (Å²) in [6.07, 6.45) is 1.93. The maximum Gasteiger partial charge on any atom is 0.137 e. The number of fused-ring (bicyclic) bond motifs is 4. The Morgan fingerprint density at radius 2 is 0.962 bits per heavy atom. The molecule has 1 aliphatic heterocycles. The van der Waals surface area contributed by atoms with Crippen LogP contribution in [0.5, 0.6) is 11.5 Å². The maximum atomic E-state index is 6.92. The smallest absolute Gasteiger partial charge is 0.137 e. The predicted molar refractivity (Wildman–Crippen MR) is 329 cm³/mol. The molecular weight excluding hydrogens is 961 g/mol. The third-order valence-corrected chi connectivity index (χ3v) is 17.1. The number of anilines is 4. The van der Waals surface area contributed by atoms with Crippen LogP contribution in [-0.4, -0.2) is 16.2 Å². The molecule has 0 fully saturated rings. The van der Waals surface area contributed by atoms with Gasteiger partial charge in [0.2, 0.25) is 0 Å². The van der Waals surface area contributed by atoms with Crippen molar-refractivity contribution >= 4 is 44.6 Å². The highest BCUT2D eigenvalue weighted by atomic mass is 16.5. The van der Waals surface area contributed by atoms with E-state index in [9.17, 15) is 0 Å². The number of benzene rings is 9. The molecule has 0 N–H and O–H groups in total. The molecule has 11 aromatic rings. The van der Waals surface area contributed by atoms with Crippen LogP contribution in [-0.2, 0) is 16.2 Å². The number of rotatable bonds is 7. The molecule has 0 radical (unpaired) electrons. The van der Waals surface area contributed by atoms with Gasteiger partial charge in [0.15, 0.2) is 0 Å². The number of pyridine rings is 1. The lowest BCUT2D eigenvalue weighted by atomic mass is 9.61. The van der Waals surface area contributed by atoms with Gasteiger partial charge in [-0.15, -0.1) is 0 Å². The molecular formula is C74H66N4O. The summed E-state index contributed by atoms with van der Waals surface area (Å²) in [5.41, 5.74) is 23.9. The van der Waals surface area contributed by atoms with E-state index in [1.807, 2.05) is 6.20 Å². The summed E-state index contributed by atoms with van der Waals surface area (Å²) >= 11 is 0. The minimum Gasteiger partial charge on any atom is -0.457 e. The summed E-state index contributed by atoms with van der Waals surface area (Å²) in [7, 11) is 0. The maximum absolute atomic E-state index is 6.92. The van der Waals surface area contributed by atoms with Gasteiger partial charge in [-0.25, -0.2) is 4.98 Å². The number of hydrogen-bond acceptors (Lipinski definition) is 4. The first-order valence-electron chi connectivity index (χ1n) is 28.1. The molecule has 0 spiro atoms. The van der Waals surface area contributed by atoms with Gasteiger partial charge in [0.1, 0.15) is 24.0 Å². The summed E-state index contributed by atoms with van der Waals surface area (Å²) in [6, 6.07) is 76.9. The number of hydrogen-bond donors (Lipinski definition) is 0. The average molecular weight is 1030 g/mol. The molecule has 79 heavy (non-hydrogen) atoms. The van der Waals surface area contributed by atoms with Crippen LogP contribution in [0.25, 0.3) is 49.9 Å². The molecule has 0 saturated heterocycles. The van der Waals surface area contributed by atoms with Crippen LogP contribution < -0.4 is 14.5 Å². The quantitative estimate of drug-likeness (QED) is 0.159. The van der Waals surface area contributed by atoms with Crippen molar-refractivity contribution in [2.75, 3.05) is 16.5 Å². The van der Waals surface area contributed by atoms with Crippen molar-refractivity contribution in [2.24, 2.45) is 0 Å². The zero-order valence-electron chi connectivity index (χ0n) is 46.8. The Morgan fingerprint density at radius 1 is 0.405 bits per heavy atom.